The monoisotopic (exact) mass is 682 g/mol. The maximum atomic E-state index is 14.0. The molecular weight excluding hydrogens is 653 g/mol. The lowest BCUT2D eigenvalue weighted by molar-refractivity contribution is -0.113. The smallest absolute Gasteiger partial charge is 0.283 e. The minimum Gasteiger partial charge on any atom is -0.283 e. The molecular formula is C34H30N6O4S3. The van der Waals surface area contributed by atoms with Gasteiger partial charge in [-0.3, -0.25) is 19.2 Å². The number of rotatable bonds is 7. The van der Waals surface area contributed by atoms with Crippen LogP contribution in [0.2, 0.25) is 0 Å². The summed E-state index contributed by atoms with van der Waals surface area (Å²) in [5, 5.41) is 4.85. The molecule has 2 aliphatic heterocycles. The van der Waals surface area contributed by atoms with Crippen molar-refractivity contribution in [2.75, 3.05) is 18.0 Å². The molecule has 0 spiro atoms. The van der Waals surface area contributed by atoms with E-state index in [0.29, 0.717) is 46.2 Å². The Bertz CT molecular complexity index is 2230. The Labute approximate surface area is 281 Å². The first-order valence-corrected chi connectivity index (χ1v) is 17.7. The molecule has 0 unspecified atom stereocenters. The second-order valence-corrected chi connectivity index (χ2v) is 14.9. The van der Waals surface area contributed by atoms with Crippen molar-refractivity contribution in [2.24, 2.45) is 7.05 Å². The van der Waals surface area contributed by atoms with Gasteiger partial charge in [-0.2, -0.15) is 9.40 Å². The maximum Gasteiger partial charge on any atom is 0.296 e. The molecule has 5 aromatic rings. The van der Waals surface area contributed by atoms with Crippen LogP contribution >= 0.6 is 24.0 Å². The number of hydrogen-bond donors (Lipinski definition) is 0. The molecule has 2 aliphatic rings. The van der Waals surface area contributed by atoms with Crippen molar-refractivity contribution in [2.45, 2.75) is 24.7 Å². The normalized spacial score (nSPS) is 16.6. The standard InChI is InChI=1S/C34H30N6O4S3/c1-23-31(33(42)40(36(23)2)27-15-7-4-8-16-27)39-32(41)29(46-34(39)45)21-25-22-38(26-13-5-3-6-14-26)35-30(25)24-12-11-17-28(20-24)47(43,44)37-18-9-10-19-37/h3-8,11-17,20-22H,9-10,18-19H2,1-2H3. The van der Waals surface area contributed by atoms with E-state index in [4.69, 9.17) is 17.3 Å². The summed E-state index contributed by atoms with van der Waals surface area (Å²) in [7, 11) is -1.90. The third-order valence-electron chi connectivity index (χ3n) is 8.40. The molecule has 1 amide bonds. The van der Waals surface area contributed by atoms with Crippen LogP contribution in [0, 0.1) is 6.92 Å². The van der Waals surface area contributed by atoms with Crippen LogP contribution in [0.15, 0.2) is 106 Å². The van der Waals surface area contributed by atoms with Crippen molar-refractivity contribution < 1.29 is 13.2 Å². The van der Waals surface area contributed by atoms with Gasteiger partial charge in [0.15, 0.2) is 4.32 Å². The van der Waals surface area contributed by atoms with Crippen molar-refractivity contribution in [3.8, 4) is 22.6 Å². The summed E-state index contributed by atoms with van der Waals surface area (Å²) in [6.07, 6.45) is 5.18. The second kappa shape index (κ2) is 12.2. The van der Waals surface area contributed by atoms with Crippen molar-refractivity contribution in [3.63, 3.8) is 0 Å². The summed E-state index contributed by atoms with van der Waals surface area (Å²) in [4.78, 5) is 29.6. The van der Waals surface area contributed by atoms with E-state index in [0.717, 1.165) is 30.3 Å². The number of sulfonamides is 1. The highest BCUT2D eigenvalue weighted by atomic mass is 32.2. The van der Waals surface area contributed by atoms with Crippen molar-refractivity contribution in [1.29, 1.82) is 0 Å². The number of thioether (sulfide) groups is 1. The number of aromatic nitrogens is 4. The Morgan fingerprint density at radius 3 is 2.23 bits per heavy atom. The molecule has 7 rings (SSSR count). The lowest BCUT2D eigenvalue weighted by Crippen LogP contribution is -2.33. The second-order valence-electron chi connectivity index (χ2n) is 11.3. The molecule has 2 saturated heterocycles. The molecule has 2 aromatic heterocycles. The predicted octanol–water partition coefficient (Wildman–Crippen LogP) is 5.53. The van der Waals surface area contributed by atoms with Gasteiger partial charge < -0.3 is 0 Å². The summed E-state index contributed by atoms with van der Waals surface area (Å²) in [6.45, 7) is 2.78. The summed E-state index contributed by atoms with van der Waals surface area (Å²) in [5.41, 5.74) is 3.57. The van der Waals surface area contributed by atoms with Crippen LogP contribution in [0.5, 0.6) is 0 Å². The Morgan fingerprint density at radius 1 is 0.894 bits per heavy atom. The highest BCUT2D eigenvalue weighted by molar-refractivity contribution is 8.27. The molecule has 0 aliphatic carbocycles. The topological polar surface area (TPSA) is 102 Å². The van der Waals surface area contributed by atoms with Crippen LogP contribution < -0.4 is 10.5 Å². The number of carbonyl (C=O) groups is 1. The average molecular weight is 683 g/mol. The van der Waals surface area contributed by atoms with Gasteiger partial charge in [0.25, 0.3) is 11.5 Å². The van der Waals surface area contributed by atoms with E-state index in [1.54, 1.807) is 53.8 Å². The molecule has 3 aromatic carbocycles. The number of nitrogens with zero attached hydrogens (tertiary/aromatic N) is 6. The van der Waals surface area contributed by atoms with Crippen molar-refractivity contribution in [1.82, 2.24) is 23.4 Å². The highest BCUT2D eigenvalue weighted by Gasteiger charge is 2.38. The van der Waals surface area contributed by atoms with Gasteiger partial charge in [0.05, 0.1) is 26.9 Å². The third kappa shape index (κ3) is 5.48. The van der Waals surface area contributed by atoms with Crippen LogP contribution in [0.3, 0.4) is 0 Å². The molecule has 2 fully saturated rings. The zero-order valence-corrected chi connectivity index (χ0v) is 28.1. The van der Waals surface area contributed by atoms with E-state index in [2.05, 4.69) is 0 Å². The average Bonchev–Trinajstić information content (AvgIpc) is 3.87. The summed E-state index contributed by atoms with van der Waals surface area (Å²) < 4.78 is 33.5. The van der Waals surface area contributed by atoms with E-state index in [9.17, 15) is 18.0 Å². The Hall–Kier alpha value is -4.56. The van der Waals surface area contributed by atoms with E-state index in [-0.39, 0.29) is 20.5 Å². The number of thiocarbonyl (C=S) groups is 1. The minimum absolute atomic E-state index is 0.192. The fraction of sp³-hybridized carbons (Fsp3) is 0.176. The molecule has 0 bridgehead atoms. The molecule has 0 saturated carbocycles. The Kier molecular flexibility index (Phi) is 8.08. The largest absolute Gasteiger partial charge is 0.296 e. The summed E-state index contributed by atoms with van der Waals surface area (Å²) in [6, 6.07) is 25.5. The summed E-state index contributed by atoms with van der Waals surface area (Å²) >= 11 is 6.78. The van der Waals surface area contributed by atoms with E-state index >= 15 is 0 Å². The lowest BCUT2D eigenvalue weighted by Gasteiger charge is -2.16. The van der Waals surface area contributed by atoms with Crippen LogP contribution in [-0.2, 0) is 21.9 Å². The van der Waals surface area contributed by atoms with Crippen LogP contribution in [0.1, 0.15) is 24.1 Å². The predicted molar refractivity (Wildman–Crippen MR) is 188 cm³/mol. The van der Waals surface area contributed by atoms with E-state index < -0.39 is 15.9 Å². The molecule has 0 radical (unpaired) electrons. The van der Waals surface area contributed by atoms with Gasteiger partial charge in [0, 0.05) is 37.5 Å². The van der Waals surface area contributed by atoms with Crippen LogP contribution in [0.25, 0.3) is 28.7 Å². The first-order chi connectivity index (χ1) is 22.6. The van der Waals surface area contributed by atoms with E-state index in [1.807, 2.05) is 66.7 Å². The van der Waals surface area contributed by atoms with Gasteiger partial charge in [-0.25, -0.2) is 17.8 Å². The van der Waals surface area contributed by atoms with Gasteiger partial charge in [-0.1, -0.05) is 72.5 Å². The van der Waals surface area contributed by atoms with Gasteiger partial charge >= 0.3 is 0 Å². The Balaban J connectivity index is 1.31. The molecule has 0 atom stereocenters. The molecule has 4 heterocycles. The van der Waals surface area contributed by atoms with Gasteiger partial charge in [-0.05, 0) is 62.2 Å². The number of anilines is 1. The first kappa shape index (κ1) is 31.1. The Morgan fingerprint density at radius 2 is 1.55 bits per heavy atom. The fourth-order valence-electron chi connectivity index (χ4n) is 5.93. The molecule has 47 heavy (non-hydrogen) atoms. The van der Waals surface area contributed by atoms with Crippen molar-refractivity contribution >= 4 is 56.0 Å². The quantitative estimate of drug-likeness (QED) is 0.164. The van der Waals surface area contributed by atoms with E-state index in [1.165, 1.54) is 13.9 Å². The number of benzene rings is 3. The van der Waals surface area contributed by atoms with Gasteiger partial charge in [0.1, 0.15) is 11.4 Å². The SMILES string of the molecule is Cc1c(N2C(=O)C(=Cc3cn(-c4ccccc4)nc3-c3cccc(S(=O)(=O)N4CCCC4)c3)SC2=S)c(=O)n(-c2ccccc2)n1C. The van der Waals surface area contributed by atoms with Crippen LogP contribution in [-0.4, -0.2) is 55.2 Å². The number of amides is 1. The number of para-hydroxylation sites is 2. The lowest BCUT2D eigenvalue weighted by atomic mass is 10.1. The molecule has 10 nitrogen and oxygen atoms in total. The minimum atomic E-state index is -3.67. The molecule has 13 heteroatoms. The number of carbonyl (C=O) groups excluding carboxylic acids is 1. The fourth-order valence-corrected chi connectivity index (χ4v) is 8.75. The third-order valence-corrected chi connectivity index (χ3v) is 11.6. The van der Waals surface area contributed by atoms with Gasteiger partial charge in [0.2, 0.25) is 10.0 Å². The van der Waals surface area contributed by atoms with Gasteiger partial charge in [-0.15, -0.1) is 0 Å². The number of hydrogen-bond acceptors (Lipinski definition) is 7. The van der Waals surface area contributed by atoms with Crippen molar-refractivity contribution in [3.05, 3.63) is 118 Å². The molecule has 238 valence electrons. The summed E-state index contributed by atoms with van der Waals surface area (Å²) in [5.74, 6) is -0.421. The first-order valence-electron chi connectivity index (χ1n) is 15.0. The zero-order chi connectivity index (χ0) is 32.9. The maximum absolute atomic E-state index is 14.0. The zero-order valence-electron chi connectivity index (χ0n) is 25.6. The molecule has 0 N–H and O–H groups in total. The highest BCUT2D eigenvalue weighted by Crippen LogP contribution is 2.38. The van der Waals surface area contributed by atoms with Crippen LogP contribution in [0.4, 0.5) is 5.69 Å².